The molecule has 162 valence electrons. The highest BCUT2D eigenvalue weighted by Crippen LogP contribution is 2.24. The van der Waals surface area contributed by atoms with Crippen molar-refractivity contribution in [2.75, 3.05) is 37.0 Å². The number of nitrogens with zero attached hydrogens (tertiary/aromatic N) is 5. The molecular weight excluding hydrogens is 394 g/mol. The van der Waals surface area contributed by atoms with E-state index in [0.29, 0.717) is 37.3 Å². The standard InChI is InChI=1S/C22H27N7O2/c1-15(2)19(14-31-3)29-13-17(12-25-29)26-20-8-9-23-21(27-20)16-4-6-18(7-5-16)28-11-10-24-22(28)30/h4-9,12-13,15,19H,10-11,14H2,1-3H3,(H,24,30)(H,23,26,27). The van der Waals surface area contributed by atoms with Crippen LogP contribution in [0.4, 0.5) is 22.0 Å². The van der Waals surface area contributed by atoms with E-state index in [0.717, 1.165) is 16.9 Å². The molecule has 0 spiro atoms. The maximum absolute atomic E-state index is 11.8. The summed E-state index contributed by atoms with van der Waals surface area (Å²) in [4.78, 5) is 22.6. The molecule has 0 aliphatic carbocycles. The molecule has 2 aromatic heterocycles. The predicted octanol–water partition coefficient (Wildman–Crippen LogP) is 3.46. The first kappa shape index (κ1) is 20.8. The zero-order valence-corrected chi connectivity index (χ0v) is 17.9. The van der Waals surface area contributed by atoms with Gasteiger partial charge in [-0.15, -0.1) is 0 Å². The Labute approximate surface area is 181 Å². The minimum Gasteiger partial charge on any atom is -0.382 e. The molecule has 31 heavy (non-hydrogen) atoms. The third-order valence-corrected chi connectivity index (χ3v) is 5.27. The van der Waals surface area contributed by atoms with Crippen molar-refractivity contribution in [3.8, 4) is 11.4 Å². The molecule has 1 atom stereocenters. The fourth-order valence-electron chi connectivity index (χ4n) is 3.55. The Morgan fingerprint density at radius 3 is 2.71 bits per heavy atom. The van der Waals surface area contributed by atoms with E-state index in [1.54, 1.807) is 24.4 Å². The van der Waals surface area contributed by atoms with Crippen LogP contribution in [0, 0.1) is 5.92 Å². The van der Waals surface area contributed by atoms with Gasteiger partial charge in [0, 0.05) is 43.8 Å². The quantitative estimate of drug-likeness (QED) is 0.578. The predicted molar refractivity (Wildman–Crippen MR) is 119 cm³/mol. The summed E-state index contributed by atoms with van der Waals surface area (Å²) in [6, 6.07) is 9.59. The van der Waals surface area contributed by atoms with Gasteiger partial charge in [-0.2, -0.15) is 5.10 Å². The van der Waals surface area contributed by atoms with Gasteiger partial charge in [0.1, 0.15) is 5.82 Å². The molecule has 1 aliphatic rings. The number of hydrogen-bond acceptors (Lipinski definition) is 6. The highest BCUT2D eigenvalue weighted by molar-refractivity contribution is 5.94. The lowest BCUT2D eigenvalue weighted by atomic mass is 10.1. The molecule has 0 bridgehead atoms. The van der Waals surface area contributed by atoms with Crippen LogP contribution in [-0.2, 0) is 4.74 Å². The van der Waals surface area contributed by atoms with Gasteiger partial charge in [-0.3, -0.25) is 9.58 Å². The number of ether oxygens (including phenoxy) is 1. The summed E-state index contributed by atoms with van der Waals surface area (Å²) in [6.07, 6.45) is 5.46. The van der Waals surface area contributed by atoms with Gasteiger partial charge in [-0.25, -0.2) is 14.8 Å². The Hall–Kier alpha value is -3.46. The number of urea groups is 1. The van der Waals surface area contributed by atoms with Crippen LogP contribution in [0.5, 0.6) is 0 Å². The van der Waals surface area contributed by atoms with Crippen molar-refractivity contribution in [3.63, 3.8) is 0 Å². The van der Waals surface area contributed by atoms with E-state index in [-0.39, 0.29) is 12.1 Å². The topological polar surface area (TPSA) is 97.2 Å². The largest absolute Gasteiger partial charge is 0.382 e. The Bertz CT molecular complexity index is 1030. The monoisotopic (exact) mass is 421 g/mol. The minimum atomic E-state index is -0.0686. The molecule has 1 aliphatic heterocycles. The summed E-state index contributed by atoms with van der Waals surface area (Å²) in [7, 11) is 1.70. The summed E-state index contributed by atoms with van der Waals surface area (Å²) in [5, 5.41) is 10.6. The second kappa shape index (κ2) is 9.13. The van der Waals surface area contributed by atoms with E-state index >= 15 is 0 Å². The lowest BCUT2D eigenvalue weighted by Gasteiger charge is -2.20. The van der Waals surface area contributed by atoms with E-state index in [1.165, 1.54) is 0 Å². The van der Waals surface area contributed by atoms with Gasteiger partial charge >= 0.3 is 6.03 Å². The Kier molecular flexibility index (Phi) is 6.13. The van der Waals surface area contributed by atoms with Crippen molar-refractivity contribution < 1.29 is 9.53 Å². The molecule has 1 saturated heterocycles. The second-order valence-electron chi connectivity index (χ2n) is 7.80. The van der Waals surface area contributed by atoms with Gasteiger partial charge in [-0.1, -0.05) is 13.8 Å². The zero-order chi connectivity index (χ0) is 21.8. The molecule has 2 amide bonds. The first-order valence-corrected chi connectivity index (χ1v) is 10.3. The first-order valence-electron chi connectivity index (χ1n) is 10.3. The van der Waals surface area contributed by atoms with Gasteiger partial charge in [0.25, 0.3) is 0 Å². The summed E-state index contributed by atoms with van der Waals surface area (Å²) in [5.74, 6) is 1.68. The third-order valence-electron chi connectivity index (χ3n) is 5.27. The van der Waals surface area contributed by atoms with Gasteiger partial charge in [-0.05, 0) is 36.2 Å². The van der Waals surface area contributed by atoms with Crippen molar-refractivity contribution in [1.82, 2.24) is 25.1 Å². The number of benzene rings is 1. The van der Waals surface area contributed by atoms with Crippen LogP contribution in [0.1, 0.15) is 19.9 Å². The SMILES string of the molecule is COCC(C(C)C)n1cc(Nc2ccnc(-c3ccc(N4CCNC4=O)cc3)n2)cn1. The molecule has 1 aromatic carbocycles. The Balaban J connectivity index is 1.48. The van der Waals surface area contributed by atoms with Crippen molar-refractivity contribution >= 4 is 23.2 Å². The number of nitrogens with one attached hydrogen (secondary N) is 2. The highest BCUT2D eigenvalue weighted by Gasteiger charge is 2.21. The molecule has 2 N–H and O–H groups in total. The van der Waals surface area contributed by atoms with Gasteiger partial charge < -0.3 is 15.4 Å². The molecule has 0 saturated carbocycles. The molecule has 4 rings (SSSR count). The molecule has 9 nitrogen and oxygen atoms in total. The van der Waals surface area contributed by atoms with E-state index in [2.05, 4.69) is 39.5 Å². The minimum absolute atomic E-state index is 0.0686. The number of aromatic nitrogens is 4. The Morgan fingerprint density at radius 2 is 2.03 bits per heavy atom. The number of amides is 2. The maximum Gasteiger partial charge on any atom is 0.321 e. The van der Waals surface area contributed by atoms with Gasteiger partial charge in [0.15, 0.2) is 5.82 Å². The third kappa shape index (κ3) is 4.66. The molecular formula is C22H27N7O2. The molecule has 3 heterocycles. The normalized spacial score (nSPS) is 14.7. The van der Waals surface area contributed by atoms with Crippen molar-refractivity contribution in [3.05, 3.63) is 48.9 Å². The number of anilines is 3. The van der Waals surface area contributed by atoms with Crippen molar-refractivity contribution in [2.45, 2.75) is 19.9 Å². The van der Waals surface area contributed by atoms with Crippen LogP contribution in [-0.4, -0.2) is 52.6 Å². The average molecular weight is 422 g/mol. The summed E-state index contributed by atoms with van der Waals surface area (Å²) >= 11 is 0. The number of hydrogen-bond donors (Lipinski definition) is 2. The van der Waals surface area contributed by atoms with E-state index in [1.807, 2.05) is 41.2 Å². The average Bonchev–Trinajstić information content (AvgIpc) is 3.41. The van der Waals surface area contributed by atoms with Crippen LogP contribution in [0.3, 0.4) is 0 Å². The van der Waals surface area contributed by atoms with Gasteiger partial charge in [0.05, 0.1) is 24.5 Å². The van der Waals surface area contributed by atoms with Crippen molar-refractivity contribution in [1.29, 1.82) is 0 Å². The lowest BCUT2D eigenvalue weighted by Crippen LogP contribution is -2.27. The van der Waals surface area contributed by atoms with Crippen LogP contribution >= 0.6 is 0 Å². The van der Waals surface area contributed by atoms with Crippen LogP contribution in [0.15, 0.2) is 48.9 Å². The first-order chi connectivity index (χ1) is 15.0. The van der Waals surface area contributed by atoms with E-state index < -0.39 is 0 Å². The number of carbonyl (C=O) groups excluding carboxylic acids is 1. The van der Waals surface area contributed by atoms with Crippen molar-refractivity contribution in [2.24, 2.45) is 5.92 Å². The highest BCUT2D eigenvalue weighted by atomic mass is 16.5. The summed E-state index contributed by atoms with van der Waals surface area (Å²) in [5.41, 5.74) is 2.58. The van der Waals surface area contributed by atoms with E-state index in [4.69, 9.17) is 4.74 Å². The lowest BCUT2D eigenvalue weighted by molar-refractivity contribution is 0.126. The number of methoxy groups -OCH3 is 1. The van der Waals surface area contributed by atoms with Crippen LogP contribution < -0.4 is 15.5 Å². The van der Waals surface area contributed by atoms with Crippen LogP contribution in [0.25, 0.3) is 11.4 Å². The van der Waals surface area contributed by atoms with E-state index in [9.17, 15) is 4.79 Å². The second-order valence-corrected chi connectivity index (χ2v) is 7.80. The molecule has 1 fully saturated rings. The van der Waals surface area contributed by atoms with Gasteiger partial charge in [0.2, 0.25) is 0 Å². The summed E-state index contributed by atoms with van der Waals surface area (Å²) < 4.78 is 7.25. The van der Waals surface area contributed by atoms with Crippen LogP contribution in [0.2, 0.25) is 0 Å². The molecule has 3 aromatic rings. The zero-order valence-electron chi connectivity index (χ0n) is 17.9. The molecule has 0 radical (unpaired) electrons. The molecule has 9 heteroatoms. The summed E-state index contributed by atoms with van der Waals surface area (Å²) in [6.45, 7) is 6.24. The fourth-order valence-corrected chi connectivity index (χ4v) is 3.55. The Morgan fingerprint density at radius 1 is 1.23 bits per heavy atom. The number of carbonyl (C=O) groups is 1. The number of rotatable bonds is 8. The fraction of sp³-hybridized carbons (Fsp3) is 0.364. The molecule has 1 unspecified atom stereocenters. The maximum atomic E-state index is 11.8. The smallest absolute Gasteiger partial charge is 0.321 e.